The van der Waals surface area contributed by atoms with Gasteiger partial charge >= 0.3 is 0 Å². The van der Waals surface area contributed by atoms with Crippen molar-refractivity contribution < 1.29 is 4.79 Å². The summed E-state index contributed by atoms with van der Waals surface area (Å²) in [5, 5.41) is 3.27. The van der Waals surface area contributed by atoms with E-state index in [0.717, 1.165) is 50.3 Å². The standard InChI is InChI=1S/C22H30N4O/c1-16-9-10-17(2)26(16)20-8-5-13-23-21(20)25-14-11-18(12-15-25)22(27)24-19-6-3-4-7-19/h5,8-10,13,18-19H,3-4,6-7,11-12,14-15H2,1-2H3,(H,24,27). The number of hydrogen-bond acceptors (Lipinski definition) is 3. The highest BCUT2D eigenvalue weighted by Gasteiger charge is 2.29. The minimum Gasteiger partial charge on any atom is -0.355 e. The van der Waals surface area contributed by atoms with E-state index in [1.54, 1.807) is 0 Å². The lowest BCUT2D eigenvalue weighted by Crippen LogP contribution is -2.43. The fraction of sp³-hybridized carbons (Fsp3) is 0.545. The Hall–Kier alpha value is -2.30. The summed E-state index contributed by atoms with van der Waals surface area (Å²) in [4.78, 5) is 19.6. The summed E-state index contributed by atoms with van der Waals surface area (Å²) in [6, 6.07) is 8.84. The highest BCUT2D eigenvalue weighted by Crippen LogP contribution is 2.29. The maximum atomic E-state index is 12.6. The normalized spacial score (nSPS) is 18.8. The SMILES string of the molecule is Cc1ccc(C)n1-c1cccnc1N1CCC(C(=O)NC2CCCC2)CC1. The second-order valence-electron chi connectivity index (χ2n) is 8.05. The predicted molar refractivity (Wildman–Crippen MR) is 108 cm³/mol. The summed E-state index contributed by atoms with van der Waals surface area (Å²) >= 11 is 0. The molecule has 0 radical (unpaired) electrons. The average Bonchev–Trinajstić information content (AvgIpc) is 3.31. The molecule has 2 aliphatic rings. The Balaban J connectivity index is 1.45. The predicted octanol–water partition coefficient (Wildman–Crippen LogP) is 3.76. The van der Waals surface area contributed by atoms with Gasteiger partial charge in [-0.3, -0.25) is 4.79 Å². The molecule has 0 bridgehead atoms. The van der Waals surface area contributed by atoms with E-state index < -0.39 is 0 Å². The highest BCUT2D eigenvalue weighted by molar-refractivity contribution is 5.79. The Labute approximate surface area is 161 Å². The van der Waals surface area contributed by atoms with Gasteiger partial charge in [-0.15, -0.1) is 0 Å². The van der Waals surface area contributed by atoms with Crippen LogP contribution in [-0.2, 0) is 4.79 Å². The Kier molecular flexibility index (Phi) is 5.19. The summed E-state index contributed by atoms with van der Waals surface area (Å²) in [6.07, 6.45) is 8.48. The first-order valence-corrected chi connectivity index (χ1v) is 10.3. The molecule has 2 aromatic rings. The van der Waals surface area contributed by atoms with Crippen molar-refractivity contribution in [1.29, 1.82) is 0 Å². The first-order valence-electron chi connectivity index (χ1n) is 10.3. The zero-order valence-electron chi connectivity index (χ0n) is 16.4. The molecule has 27 heavy (non-hydrogen) atoms. The molecule has 4 rings (SSSR count). The van der Waals surface area contributed by atoms with Crippen molar-refractivity contribution in [2.45, 2.75) is 58.4 Å². The quantitative estimate of drug-likeness (QED) is 0.896. The molecule has 2 fully saturated rings. The summed E-state index contributed by atoms with van der Waals surface area (Å²) in [5.74, 6) is 1.43. The molecule has 1 aliphatic carbocycles. The number of piperidine rings is 1. The first kappa shape index (κ1) is 18.1. The van der Waals surface area contributed by atoms with E-state index in [1.807, 2.05) is 12.3 Å². The van der Waals surface area contributed by atoms with Crippen LogP contribution in [0.2, 0.25) is 0 Å². The van der Waals surface area contributed by atoms with Crippen LogP contribution in [0.4, 0.5) is 5.82 Å². The van der Waals surface area contributed by atoms with Crippen LogP contribution < -0.4 is 10.2 Å². The lowest BCUT2D eigenvalue weighted by molar-refractivity contribution is -0.126. The minimum absolute atomic E-state index is 0.143. The van der Waals surface area contributed by atoms with Gasteiger partial charge in [0, 0.05) is 42.6 Å². The zero-order chi connectivity index (χ0) is 18.8. The molecule has 1 aliphatic heterocycles. The molecule has 144 valence electrons. The summed E-state index contributed by atoms with van der Waals surface area (Å²) < 4.78 is 2.27. The Morgan fingerprint density at radius 2 is 1.70 bits per heavy atom. The molecule has 1 saturated carbocycles. The van der Waals surface area contributed by atoms with Gasteiger partial charge in [0.2, 0.25) is 5.91 Å². The van der Waals surface area contributed by atoms with E-state index in [2.05, 4.69) is 46.8 Å². The van der Waals surface area contributed by atoms with Crippen molar-refractivity contribution in [3.05, 3.63) is 41.9 Å². The molecule has 0 unspecified atom stereocenters. The van der Waals surface area contributed by atoms with Crippen LogP contribution in [0.1, 0.15) is 49.9 Å². The van der Waals surface area contributed by atoms with E-state index in [1.165, 1.54) is 24.2 Å². The topological polar surface area (TPSA) is 50.2 Å². The van der Waals surface area contributed by atoms with Crippen LogP contribution in [0.25, 0.3) is 5.69 Å². The third-order valence-corrected chi connectivity index (χ3v) is 6.14. The Bertz CT molecular complexity index is 779. The smallest absolute Gasteiger partial charge is 0.223 e. The molecule has 1 saturated heterocycles. The lowest BCUT2D eigenvalue weighted by atomic mass is 9.95. The number of nitrogens with one attached hydrogen (secondary N) is 1. The number of amides is 1. The first-order chi connectivity index (χ1) is 13.1. The molecule has 3 heterocycles. The highest BCUT2D eigenvalue weighted by atomic mass is 16.1. The molecule has 1 N–H and O–H groups in total. The Morgan fingerprint density at radius 3 is 2.37 bits per heavy atom. The van der Waals surface area contributed by atoms with Gasteiger partial charge < -0.3 is 14.8 Å². The van der Waals surface area contributed by atoms with Gasteiger partial charge in [0.25, 0.3) is 0 Å². The fourth-order valence-electron chi connectivity index (χ4n) is 4.60. The third-order valence-electron chi connectivity index (χ3n) is 6.14. The number of aromatic nitrogens is 2. The zero-order valence-corrected chi connectivity index (χ0v) is 16.4. The van der Waals surface area contributed by atoms with Crippen LogP contribution in [-0.4, -0.2) is 34.6 Å². The lowest BCUT2D eigenvalue weighted by Gasteiger charge is -2.34. The average molecular weight is 367 g/mol. The number of hydrogen-bond donors (Lipinski definition) is 1. The van der Waals surface area contributed by atoms with Gasteiger partial charge in [-0.2, -0.15) is 0 Å². The Morgan fingerprint density at radius 1 is 1.04 bits per heavy atom. The molecule has 5 nitrogen and oxygen atoms in total. The second kappa shape index (κ2) is 7.75. The number of nitrogens with zero attached hydrogens (tertiary/aromatic N) is 3. The molecule has 5 heteroatoms. The minimum atomic E-state index is 0.143. The monoisotopic (exact) mass is 366 g/mol. The summed E-state index contributed by atoms with van der Waals surface area (Å²) in [5.41, 5.74) is 3.56. The number of carbonyl (C=O) groups is 1. The fourth-order valence-corrected chi connectivity index (χ4v) is 4.60. The van der Waals surface area contributed by atoms with E-state index in [4.69, 9.17) is 4.98 Å². The molecule has 1 amide bonds. The van der Waals surface area contributed by atoms with Gasteiger partial charge in [-0.1, -0.05) is 12.8 Å². The van der Waals surface area contributed by atoms with Gasteiger partial charge in [-0.05, 0) is 63.8 Å². The van der Waals surface area contributed by atoms with Gasteiger partial charge in [-0.25, -0.2) is 4.98 Å². The number of anilines is 1. The van der Waals surface area contributed by atoms with Crippen LogP contribution in [0.3, 0.4) is 0 Å². The molecular formula is C22H30N4O. The van der Waals surface area contributed by atoms with Crippen molar-refractivity contribution in [2.75, 3.05) is 18.0 Å². The number of carbonyl (C=O) groups excluding carboxylic acids is 1. The molecule has 0 aromatic carbocycles. The van der Waals surface area contributed by atoms with Crippen LogP contribution >= 0.6 is 0 Å². The molecule has 2 aromatic heterocycles. The van der Waals surface area contributed by atoms with Gasteiger partial charge in [0.05, 0.1) is 5.69 Å². The number of aryl methyl sites for hydroxylation is 2. The van der Waals surface area contributed by atoms with Crippen LogP contribution in [0.15, 0.2) is 30.5 Å². The van der Waals surface area contributed by atoms with E-state index >= 15 is 0 Å². The van der Waals surface area contributed by atoms with Crippen molar-refractivity contribution in [3.8, 4) is 5.69 Å². The van der Waals surface area contributed by atoms with Crippen molar-refractivity contribution in [3.63, 3.8) is 0 Å². The molecule has 0 atom stereocenters. The van der Waals surface area contributed by atoms with Crippen LogP contribution in [0, 0.1) is 19.8 Å². The van der Waals surface area contributed by atoms with Crippen molar-refractivity contribution >= 4 is 11.7 Å². The largest absolute Gasteiger partial charge is 0.355 e. The van der Waals surface area contributed by atoms with E-state index in [9.17, 15) is 4.79 Å². The van der Waals surface area contributed by atoms with E-state index in [0.29, 0.717) is 6.04 Å². The summed E-state index contributed by atoms with van der Waals surface area (Å²) in [7, 11) is 0. The van der Waals surface area contributed by atoms with Crippen molar-refractivity contribution in [2.24, 2.45) is 5.92 Å². The molecular weight excluding hydrogens is 336 g/mol. The maximum Gasteiger partial charge on any atom is 0.223 e. The number of pyridine rings is 1. The molecule has 0 spiro atoms. The van der Waals surface area contributed by atoms with Crippen LogP contribution in [0.5, 0.6) is 0 Å². The second-order valence-corrected chi connectivity index (χ2v) is 8.05. The van der Waals surface area contributed by atoms with Gasteiger partial charge in [0.15, 0.2) is 5.82 Å². The third kappa shape index (κ3) is 3.73. The van der Waals surface area contributed by atoms with Gasteiger partial charge in [0.1, 0.15) is 0 Å². The number of rotatable bonds is 4. The summed E-state index contributed by atoms with van der Waals surface area (Å²) in [6.45, 7) is 6.02. The van der Waals surface area contributed by atoms with Crippen molar-refractivity contribution in [1.82, 2.24) is 14.9 Å². The van der Waals surface area contributed by atoms with E-state index in [-0.39, 0.29) is 11.8 Å². The maximum absolute atomic E-state index is 12.6.